The summed E-state index contributed by atoms with van der Waals surface area (Å²) in [5.74, 6) is 0. The minimum atomic E-state index is 0.784. The Morgan fingerprint density at radius 2 is 1.93 bits per heavy atom. The largest absolute Gasteiger partial charge is 0.358 e. The zero-order valence-electron chi connectivity index (χ0n) is 8.64. The Balaban J connectivity index is 2.94. The molecular formula is C12H13NO. The molecule has 2 aromatic rings. The van der Waals surface area contributed by atoms with Gasteiger partial charge in [0.15, 0.2) is 6.29 Å². The number of fused-ring (bicyclic) bond motifs is 1. The maximum absolute atomic E-state index is 10.9. The Morgan fingerprint density at radius 1 is 1.21 bits per heavy atom. The van der Waals surface area contributed by atoms with E-state index in [2.05, 4.69) is 24.0 Å². The van der Waals surface area contributed by atoms with E-state index in [1.54, 1.807) is 0 Å². The molecule has 0 spiro atoms. The van der Waals surface area contributed by atoms with Gasteiger partial charge < -0.3 is 4.98 Å². The molecule has 0 amide bonds. The van der Waals surface area contributed by atoms with Crippen LogP contribution < -0.4 is 0 Å². The van der Waals surface area contributed by atoms with Crippen LogP contribution in [0.5, 0.6) is 0 Å². The lowest BCUT2D eigenvalue weighted by Crippen LogP contribution is -1.81. The van der Waals surface area contributed by atoms with Gasteiger partial charge in [0.2, 0.25) is 0 Å². The Labute approximate surface area is 82.9 Å². The third-order valence-corrected chi connectivity index (χ3v) is 2.60. The van der Waals surface area contributed by atoms with Crippen LogP contribution in [0.15, 0.2) is 12.1 Å². The molecule has 0 aliphatic carbocycles. The molecule has 0 atom stereocenters. The maximum Gasteiger partial charge on any atom is 0.152 e. The topological polar surface area (TPSA) is 32.9 Å². The normalized spacial score (nSPS) is 10.8. The van der Waals surface area contributed by atoms with Crippen LogP contribution in [0.1, 0.15) is 27.2 Å². The number of H-pyrrole nitrogens is 1. The number of rotatable bonds is 1. The summed E-state index contributed by atoms with van der Waals surface area (Å²) in [6.45, 7) is 6.03. The van der Waals surface area contributed by atoms with Gasteiger partial charge in [0.1, 0.15) is 0 Å². The van der Waals surface area contributed by atoms with Crippen molar-refractivity contribution in [3.63, 3.8) is 0 Å². The number of aldehydes is 1. The van der Waals surface area contributed by atoms with Crippen molar-refractivity contribution in [2.24, 2.45) is 0 Å². The minimum Gasteiger partial charge on any atom is -0.358 e. The quantitative estimate of drug-likeness (QED) is 0.684. The number of hydrogen-bond donors (Lipinski definition) is 1. The summed E-state index contributed by atoms with van der Waals surface area (Å²) < 4.78 is 0. The minimum absolute atomic E-state index is 0.784. The second-order valence-corrected chi connectivity index (χ2v) is 3.79. The van der Waals surface area contributed by atoms with Crippen molar-refractivity contribution < 1.29 is 4.79 Å². The van der Waals surface area contributed by atoms with Crippen LogP contribution in [-0.4, -0.2) is 11.3 Å². The Bertz CT molecular complexity index is 509. The van der Waals surface area contributed by atoms with Crippen molar-refractivity contribution in [3.8, 4) is 0 Å². The summed E-state index contributed by atoms with van der Waals surface area (Å²) >= 11 is 0. The molecular weight excluding hydrogens is 174 g/mol. The first-order valence-electron chi connectivity index (χ1n) is 4.68. The molecule has 14 heavy (non-hydrogen) atoms. The molecule has 1 N–H and O–H groups in total. The third kappa shape index (κ3) is 1.15. The summed E-state index contributed by atoms with van der Waals surface area (Å²) in [7, 11) is 0. The van der Waals surface area contributed by atoms with Crippen LogP contribution in [0.4, 0.5) is 0 Å². The molecule has 1 aromatic heterocycles. The first-order valence-corrected chi connectivity index (χ1v) is 4.68. The van der Waals surface area contributed by atoms with E-state index in [0.717, 1.165) is 28.4 Å². The molecule has 1 aromatic carbocycles. The third-order valence-electron chi connectivity index (χ3n) is 2.60. The van der Waals surface area contributed by atoms with E-state index in [0.29, 0.717) is 0 Å². The molecule has 2 heteroatoms. The van der Waals surface area contributed by atoms with Gasteiger partial charge in [-0.1, -0.05) is 11.6 Å². The number of carbonyl (C=O) groups is 1. The zero-order chi connectivity index (χ0) is 10.3. The first-order chi connectivity index (χ1) is 6.63. The molecule has 0 fully saturated rings. The molecule has 2 rings (SSSR count). The van der Waals surface area contributed by atoms with Crippen molar-refractivity contribution in [1.29, 1.82) is 0 Å². The van der Waals surface area contributed by atoms with E-state index in [1.807, 2.05) is 13.8 Å². The van der Waals surface area contributed by atoms with Gasteiger partial charge in [-0.25, -0.2) is 0 Å². The van der Waals surface area contributed by atoms with E-state index in [4.69, 9.17) is 0 Å². The molecule has 0 bridgehead atoms. The molecule has 0 aliphatic rings. The highest BCUT2D eigenvalue weighted by atomic mass is 16.1. The number of nitrogens with one attached hydrogen (secondary N) is 1. The van der Waals surface area contributed by atoms with Gasteiger partial charge in [0, 0.05) is 22.2 Å². The van der Waals surface area contributed by atoms with Crippen molar-refractivity contribution in [2.45, 2.75) is 20.8 Å². The van der Waals surface area contributed by atoms with E-state index < -0.39 is 0 Å². The van der Waals surface area contributed by atoms with E-state index in [-0.39, 0.29) is 0 Å². The van der Waals surface area contributed by atoms with Crippen LogP contribution in [0, 0.1) is 20.8 Å². The number of hydrogen-bond acceptors (Lipinski definition) is 1. The molecule has 0 saturated heterocycles. The lowest BCUT2D eigenvalue weighted by atomic mass is 10.1. The first kappa shape index (κ1) is 9.00. The van der Waals surface area contributed by atoms with Crippen molar-refractivity contribution in [1.82, 2.24) is 4.98 Å². The summed E-state index contributed by atoms with van der Waals surface area (Å²) in [5, 5.41) is 1.04. The Morgan fingerprint density at radius 3 is 2.57 bits per heavy atom. The number of aromatic amines is 1. The fraction of sp³-hybridized carbons (Fsp3) is 0.250. The monoisotopic (exact) mass is 187 g/mol. The van der Waals surface area contributed by atoms with Gasteiger partial charge in [-0.3, -0.25) is 4.79 Å². The predicted octanol–water partition coefficient (Wildman–Crippen LogP) is 2.91. The Kier molecular flexibility index (Phi) is 1.92. The van der Waals surface area contributed by atoms with Crippen LogP contribution in [0.2, 0.25) is 0 Å². The van der Waals surface area contributed by atoms with Gasteiger partial charge in [-0.05, 0) is 32.4 Å². The van der Waals surface area contributed by atoms with Crippen LogP contribution in [0.25, 0.3) is 10.9 Å². The fourth-order valence-electron chi connectivity index (χ4n) is 1.95. The molecule has 1 heterocycles. The smallest absolute Gasteiger partial charge is 0.152 e. The van der Waals surface area contributed by atoms with Gasteiger partial charge in [0.25, 0.3) is 0 Å². The van der Waals surface area contributed by atoms with Crippen LogP contribution in [-0.2, 0) is 0 Å². The van der Waals surface area contributed by atoms with E-state index in [9.17, 15) is 4.79 Å². The second-order valence-electron chi connectivity index (χ2n) is 3.79. The maximum atomic E-state index is 10.9. The van der Waals surface area contributed by atoms with Gasteiger partial charge >= 0.3 is 0 Å². The highest BCUT2D eigenvalue weighted by Gasteiger charge is 2.09. The molecule has 0 radical (unpaired) electrons. The van der Waals surface area contributed by atoms with Crippen molar-refractivity contribution in [3.05, 3.63) is 34.5 Å². The number of carbonyl (C=O) groups excluding carboxylic acids is 1. The number of aryl methyl sites for hydroxylation is 3. The number of aromatic nitrogens is 1. The van der Waals surface area contributed by atoms with Crippen LogP contribution in [0.3, 0.4) is 0 Å². The number of benzene rings is 1. The average molecular weight is 187 g/mol. The van der Waals surface area contributed by atoms with E-state index in [1.165, 1.54) is 11.1 Å². The second kappa shape index (κ2) is 2.98. The molecule has 2 nitrogen and oxygen atoms in total. The van der Waals surface area contributed by atoms with Gasteiger partial charge in [-0.2, -0.15) is 0 Å². The molecule has 0 aliphatic heterocycles. The highest BCUT2D eigenvalue weighted by Crippen LogP contribution is 2.24. The highest BCUT2D eigenvalue weighted by molar-refractivity contribution is 6.00. The van der Waals surface area contributed by atoms with E-state index >= 15 is 0 Å². The standard InChI is InChI=1S/C12H13NO/c1-7-4-8(2)12-10(5-7)11(6-14)9(3)13-12/h4-6,13H,1-3H3. The lowest BCUT2D eigenvalue weighted by Gasteiger charge is -1.98. The SMILES string of the molecule is Cc1cc(C)c2[nH]c(C)c(C=O)c2c1. The molecule has 0 unspecified atom stereocenters. The molecule has 72 valence electrons. The lowest BCUT2D eigenvalue weighted by molar-refractivity contribution is 0.112. The average Bonchev–Trinajstić information content (AvgIpc) is 2.41. The van der Waals surface area contributed by atoms with Gasteiger partial charge in [-0.15, -0.1) is 0 Å². The summed E-state index contributed by atoms with van der Waals surface area (Å²) in [6, 6.07) is 4.17. The summed E-state index contributed by atoms with van der Waals surface area (Å²) in [6.07, 6.45) is 0.924. The van der Waals surface area contributed by atoms with Crippen LogP contribution >= 0.6 is 0 Å². The summed E-state index contributed by atoms with van der Waals surface area (Å²) in [5.41, 5.74) is 5.19. The van der Waals surface area contributed by atoms with Crippen molar-refractivity contribution >= 4 is 17.2 Å². The summed E-state index contributed by atoms with van der Waals surface area (Å²) in [4.78, 5) is 14.1. The molecule has 0 saturated carbocycles. The Hall–Kier alpha value is -1.57. The predicted molar refractivity (Wildman–Crippen MR) is 57.9 cm³/mol. The van der Waals surface area contributed by atoms with Crippen molar-refractivity contribution in [2.75, 3.05) is 0 Å². The zero-order valence-corrected chi connectivity index (χ0v) is 8.64. The van der Waals surface area contributed by atoms with Gasteiger partial charge in [0.05, 0.1) is 0 Å². The fourth-order valence-corrected chi connectivity index (χ4v) is 1.95.